The first-order valence-corrected chi connectivity index (χ1v) is 10.5. The van der Waals surface area contributed by atoms with Gasteiger partial charge in [-0.3, -0.25) is 14.9 Å². The number of fused-ring (bicyclic) bond motifs is 1. The van der Waals surface area contributed by atoms with Gasteiger partial charge in [-0.05, 0) is 37.9 Å². The largest absolute Gasteiger partial charge is 0.320 e. The van der Waals surface area contributed by atoms with Crippen molar-refractivity contribution in [2.45, 2.75) is 6.43 Å². The molecule has 32 heavy (non-hydrogen) atoms. The number of hydrogen-bond donors (Lipinski definition) is 1. The number of nitrogens with one attached hydrogen (secondary N) is 1. The molecule has 1 N–H and O–H groups in total. The maximum Gasteiger partial charge on any atom is 0.280 e. The molecule has 0 unspecified atom stereocenters. The number of halogens is 4. The summed E-state index contributed by atoms with van der Waals surface area (Å²) < 4.78 is 28.8. The second-order valence-corrected chi connectivity index (χ2v) is 8.23. The number of amides is 1. The predicted octanol–water partition coefficient (Wildman–Crippen LogP) is 6.02. The lowest BCUT2D eigenvalue weighted by atomic mass is 10.1. The van der Waals surface area contributed by atoms with Crippen LogP contribution in [0.15, 0.2) is 63.7 Å². The number of aromatic nitrogens is 3. The quantitative estimate of drug-likeness (QED) is 0.235. The molecule has 0 radical (unpaired) electrons. The first kappa shape index (κ1) is 22.0. The summed E-state index contributed by atoms with van der Waals surface area (Å²) in [5.74, 6) is -0.673. The van der Waals surface area contributed by atoms with Crippen molar-refractivity contribution >= 4 is 54.8 Å². The normalized spacial score (nSPS) is 11.2. The number of alkyl halides is 2. The van der Waals surface area contributed by atoms with Crippen LogP contribution in [-0.2, 0) is 0 Å². The summed E-state index contributed by atoms with van der Waals surface area (Å²) in [6.45, 7) is 0. The number of anilines is 1. The maximum absolute atomic E-state index is 13.7. The van der Waals surface area contributed by atoms with Gasteiger partial charge >= 0.3 is 0 Å². The molecule has 4 rings (SSSR count). The van der Waals surface area contributed by atoms with Crippen LogP contribution < -0.4 is 5.32 Å². The molecule has 162 valence electrons. The highest BCUT2D eigenvalue weighted by molar-refractivity contribution is 9.11. The van der Waals surface area contributed by atoms with Crippen LogP contribution in [-0.4, -0.2) is 25.4 Å². The van der Waals surface area contributed by atoms with Gasteiger partial charge in [0.2, 0.25) is 0 Å². The standard InChI is InChI=1S/C20H11Br2F2N5O3/c21-13-6-11(29(31)32)7-14(22)17(13)27-20(30)12-9-25-28-16(18(23)24)8-15(26-19(12)28)10-4-2-1-3-5-10/h1-9,18H,(H,27,30). The number of hydrogen-bond acceptors (Lipinski definition) is 5. The molecule has 1 amide bonds. The molecule has 0 bridgehead atoms. The molecule has 0 saturated heterocycles. The van der Waals surface area contributed by atoms with E-state index in [2.05, 4.69) is 47.3 Å². The summed E-state index contributed by atoms with van der Waals surface area (Å²) in [7, 11) is 0. The van der Waals surface area contributed by atoms with Gasteiger partial charge in [0.15, 0.2) is 5.65 Å². The highest BCUT2D eigenvalue weighted by atomic mass is 79.9. The topological polar surface area (TPSA) is 102 Å². The average Bonchev–Trinajstić information content (AvgIpc) is 3.19. The summed E-state index contributed by atoms with van der Waals surface area (Å²) in [6, 6.07) is 12.4. The summed E-state index contributed by atoms with van der Waals surface area (Å²) in [5.41, 5.74) is 0.411. The highest BCUT2D eigenvalue weighted by Gasteiger charge is 2.23. The number of nitrogens with zero attached hydrogens (tertiary/aromatic N) is 4. The van der Waals surface area contributed by atoms with E-state index in [1.807, 2.05) is 0 Å². The fourth-order valence-corrected chi connectivity index (χ4v) is 4.38. The van der Waals surface area contributed by atoms with Crippen LogP contribution in [0.3, 0.4) is 0 Å². The van der Waals surface area contributed by atoms with Gasteiger partial charge in [0.05, 0.1) is 22.5 Å². The zero-order valence-corrected chi connectivity index (χ0v) is 19.0. The minimum Gasteiger partial charge on any atom is -0.320 e. The molecule has 0 atom stereocenters. The second-order valence-electron chi connectivity index (χ2n) is 6.52. The van der Waals surface area contributed by atoms with E-state index in [9.17, 15) is 23.7 Å². The first-order chi connectivity index (χ1) is 15.3. The summed E-state index contributed by atoms with van der Waals surface area (Å²) in [6.07, 6.45) is -1.71. The number of carbonyl (C=O) groups is 1. The fraction of sp³-hybridized carbons (Fsp3) is 0.0500. The van der Waals surface area contributed by atoms with Crippen LogP contribution in [0.2, 0.25) is 0 Å². The average molecular weight is 567 g/mol. The van der Waals surface area contributed by atoms with E-state index in [0.717, 1.165) is 10.7 Å². The van der Waals surface area contributed by atoms with Crippen LogP contribution >= 0.6 is 31.9 Å². The van der Waals surface area contributed by atoms with Crippen molar-refractivity contribution < 1.29 is 18.5 Å². The minimum atomic E-state index is -2.85. The van der Waals surface area contributed by atoms with E-state index in [0.29, 0.717) is 5.56 Å². The van der Waals surface area contributed by atoms with Crippen molar-refractivity contribution in [3.05, 3.63) is 85.0 Å². The summed E-state index contributed by atoms with van der Waals surface area (Å²) in [5, 5.41) is 17.5. The Morgan fingerprint density at radius 2 is 1.78 bits per heavy atom. The van der Waals surface area contributed by atoms with E-state index >= 15 is 0 Å². The van der Waals surface area contributed by atoms with Gasteiger partial charge in [-0.2, -0.15) is 5.10 Å². The third kappa shape index (κ3) is 4.10. The number of nitro groups is 1. The van der Waals surface area contributed by atoms with Crippen molar-refractivity contribution in [3.63, 3.8) is 0 Å². The lowest BCUT2D eigenvalue weighted by Crippen LogP contribution is -2.13. The van der Waals surface area contributed by atoms with Crippen LogP contribution in [0.1, 0.15) is 22.5 Å². The Labute approximate surface area is 195 Å². The van der Waals surface area contributed by atoms with Gasteiger partial charge in [0.25, 0.3) is 18.0 Å². The van der Waals surface area contributed by atoms with Gasteiger partial charge in [0.1, 0.15) is 11.3 Å². The smallest absolute Gasteiger partial charge is 0.280 e. The predicted molar refractivity (Wildman–Crippen MR) is 120 cm³/mol. The minimum absolute atomic E-state index is 0.0400. The second kappa shape index (κ2) is 8.71. The Morgan fingerprint density at radius 1 is 1.12 bits per heavy atom. The fourth-order valence-electron chi connectivity index (χ4n) is 3.02. The Balaban J connectivity index is 1.79. The first-order valence-electron chi connectivity index (χ1n) is 8.93. The van der Waals surface area contributed by atoms with E-state index < -0.39 is 22.9 Å². The third-order valence-corrected chi connectivity index (χ3v) is 5.76. The van der Waals surface area contributed by atoms with Crippen LogP contribution in [0.25, 0.3) is 16.9 Å². The molecule has 8 nitrogen and oxygen atoms in total. The van der Waals surface area contributed by atoms with E-state index in [-0.39, 0.29) is 37.2 Å². The molecular weight excluding hydrogens is 556 g/mol. The van der Waals surface area contributed by atoms with Crippen molar-refractivity contribution in [1.29, 1.82) is 0 Å². The number of non-ortho nitro benzene ring substituents is 1. The van der Waals surface area contributed by atoms with Crippen molar-refractivity contribution in [3.8, 4) is 11.3 Å². The number of rotatable bonds is 5. The molecule has 0 spiro atoms. The molecule has 0 aliphatic rings. The van der Waals surface area contributed by atoms with E-state index in [4.69, 9.17) is 0 Å². The summed E-state index contributed by atoms with van der Waals surface area (Å²) >= 11 is 6.39. The summed E-state index contributed by atoms with van der Waals surface area (Å²) in [4.78, 5) is 27.8. The molecule has 2 aromatic heterocycles. The molecule has 4 aromatic rings. The van der Waals surface area contributed by atoms with Crippen LogP contribution in [0.5, 0.6) is 0 Å². The zero-order valence-electron chi connectivity index (χ0n) is 15.8. The third-order valence-electron chi connectivity index (χ3n) is 4.51. The van der Waals surface area contributed by atoms with E-state index in [1.165, 1.54) is 18.2 Å². The van der Waals surface area contributed by atoms with Gasteiger partial charge in [-0.1, -0.05) is 30.3 Å². The monoisotopic (exact) mass is 565 g/mol. The number of nitro benzene ring substituents is 1. The molecule has 12 heteroatoms. The highest BCUT2D eigenvalue weighted by Crippen LogP contribution is 2.36. The molecule has 2 heterocycles. The van der Waals surface area contributed by atoms with Gasteiger partial charge < -0.3 is 5.32 Å². The van der Waals surface area contributed by atoms with Crippen LogP contribution in [0, 0.1) is 10.1 Å². The van der Waals surface area contributed by atoms with Crippen molar-refractivity contribution in [1.82, 2.24) is 14.6 Å². The Hall–Kier alpha value is -3.25. The molecule has 2 aromatic carbocycles. The molecule has 0 aliphatic carbocycles. The molecule has 0 saturated carbocycles. The number of benzene rings is 2. The van der Waals surface area contributed by atoms with Gasteiger partial charge in [-0.25, -0.2) is 18.3 Å². The van der Waals surface area contributed by atoms with Gasteiger partial charge in [-0.15, -0.1) is 0 Å². The molecule has 0 fully saturated rings. The maximum atomic E-state index is 13.7. The van der Waals surface area contributed by atoms with Crippen molar-refractivity contribution in [2.24, 2.45) is 0 Å². The lowest BCUT2D eigenvalue weighted by Gasteiger charge is -2.10. The Morgan fingerprint density at radius 3 is 2.38 bits per heavy atom. The Kier molecular flexibility index (Phi) is 5.98. The molecular formula is C20H11Br2F2N5O3. The lowest BCUT2D eigenvalue weighted by molar-refractivity contribution is -0.385. The SMILES string of the molecule is O=C(Nc1c(Br)cc([N+](=O)[O-])cc1Br)c1cnn2c(C(F)F)cc(-c3ccccc3)nc12. The molecule has 0 aliphatic heterocycles. The Bertz CT molecular complexity index is 1340. The number of carbonyl (C=O) groups excluding carboxylic acids is 1. The van der Waals surface area contributed by atoms with Gasteiger partial charge in [0, 0.05) is 26.6 Å². The zero-order chi connectivity index (χ0) is 23.0. The van der Waals surface area contributed by atoms with Crippen molar-refractivity contribution in [2.75, 3.05) is 5.32 Å². The van der Waals surface area contributed by atoms with Crippen LogP contribution in [0.4, 0.5) is 20.2 Å². The van der Waals surface area contributed by atoms with E-state index in [1.54, 1.807) is 30.3 Å².